The van der Waals surface area contributed by atoms with Crippen LogP contribution in [-0.4, -0.2) is 24.1 Å². The summed E-state index contributed by atoms with van der Waals surface area (Å²) in [6.45, 7) is 4.40. The van der Waals surface area contributed by atoms with Crippen LogP contribution in [0.25, 0.3) is 0 Å². The molecule has 4 heteroatoms. The first-order valence-electron chi connectivity index (χ1n) is 10.5. The molecule has 0 unspecified atom stereocenters. The van der Waals surface area contributed by atoms with Gasteiger partial charge in [0.15, 0.2) is 5.78 Å². The molecule has 2 atom stereocenters. The Balaban J connectivity index is 2.18. The number of hydrogen-bond acceptors (Lipinski definition) is 4. The normalized spacial score (nSPS) is 19.1. The molecule has 4 nitrogen and oxygen atoms in total. The van der Waals surface area contributed by atoms with Gasteiger partial charge in [0, 0.05) is 25.2 Å². The number of ketones is 2. The summed E-state index contributed by atoms with van der Waals surface area (Å²) in [4.78, 5) is 35.3. The van der Waals surface area contributed by atoms with Gasteiger partial charge in [0.05, 0.1) is 6.61 Å². The smallest absolute Gasteiger partial charge is 0.305 e. The maximum atomic E-state index is 12.1. The predicted octanol–water partition coefficient (Wildman–Crippen LogP) is 5.19. The third-order valence-electron chi connectivity index (χ3n) is 5.16. The third kappa shape index (κ3) is 9.30. The highest BCUT2D eigenvalue weighted by Gasteiger charge is 2.29. The van der Waals surface area contributed by atoms with Gasteiger partial charge in [0.1, 0.15) is 5.78 Å². The van der Waals surface area contributed by atoms with Gasteiger partial charge in [0.25, 0.3) is 0 Å². The van der Waals surface area contributed by atoms with Crippen LogP contribution in [-0.2, 0) is 19.1 Å². The summed E-state index contributed by atoms with van der Waals surface area (Å²) in [5.41, 5.74) is 0. The molecule has 26 heavy (non-hydrogen) atoms. The second-order valence-corrected chi connectivity index (χ2v) is 7.32. The molecule has 1 aliphatic rings. The van der Waals surface area contributed by atoms with E-state index in [0.717, 1.165) is 57.8 Å². The Morgan fingerprint density at radius 1 is 0.923 bits per heavy atom. The lowest BCUT2D eigenvalue weighted by Crippen LogP contribution is -2.17. The Morgan fingerprint density at radius 2 is 1.65 bits per heavy atom. The number of rotatable bonds is 15. The van der Waals surface area contributed by atoms with Crippen molar-refractivity contribution in [2.45, 2.75) is 90.9 Å². The van der Waals surface area contributed by atoms with Crippen LogP contribution in [0.5, 0.6) is 0 Å². The molecule has 0 N–H and O–H groups in total. The topological polar surface area (TPSA) is 60.4 Å². The van der Waals surface area contributed by atoms with Gasteiger partial charge < -0.3 is 4.74 Å². The monoisotopic (exact) mass is 364 g/mol. The van der Waals surface area contributed by atoms with E-state index in [2.05, 4.69) is 6.92 Å². The molecule has 0 aromatic heterocycles. The van der Waals surface area contributed by atoms with Crippen LogP contribution in [0.1, 0.15) is 90.9 Å². The quantitative estimate of drug-likeness (QED) is 0.296. The molecular formula is C22H36O4. The zero-order chi connectivity index (χ0) is 19.2. The molecule has 0 radical (unpaired) electrons. The van der Waals surface area contributed by atoms with Crippen LogP contribution in [0.2, 0.25) is 0 Å². The van der Waals surface area contributed by atoms with E-state index in [9.17, 15) is 14.4 Å². The summed E-state index contributed by atoms with van der Waals surface area (Å²) in [5, 5.41) is 0. The third-order valence-corrected chi connectivity index (χ3v) is 5.16. The lowest BCUT2D eigenvalue weighted by Gasteiger charge is -2.17. The summed E-state index contributed by atoms with van der Waals surface area (Å²) in [6, 6.07) is 0. The van der Waals surface area contributed by atoms with E-state index in [-0.39, 0.29) is 23.6 Å². The molecule has 0 heterocycles. The minimum atomic E-state index is -0.119. The van der Waals surface area contributed by atoms with Crippen LogP contribution in [0.3, 0.4) is 0 Å². The van der Waals surface area contributed by atoms with Crippen molar-refractivity contribution in [3.63, 3.8) is 0 Å². The summed E-state index contributed by atoms with van der Waals surface area (Å²) < 4.78 is 4.92. The lowest BCUT2D eigenvalue weighted by atomic mass is 9.85. The van der Waals surface area contributed by atoms with Gasteiger partial charge in [-0.05, 0) is 44.6 Å². The number of carbonyl (C=O) groups excluding carboxylic acids is 3. The van der Waals surface area contributed by atoms with Crippen molar-refractivity contribution in [1.29, 1.82) is 0 Å². The van der Waals surface area contributed by atoms with E-state index in [1.807, 2.05) is 13.0 Å². The standard InChI is InChI=1S/C22H36O4/c1-3-5-8-11-19(23)16-14-18-15-17-21(24)20(18)12-9-6-7-10-13-22(25)26-4-2/h15,17-18,20H,3-14,16H2,1-2H3/t18-,20-/m0/s1. The zero-order valence-corrected chi connectivity index (χ0v) is 16.6. The number of esters is 1. The fourth-order valence-electron chi connectivity index (χ4n) is 3.59. The van der Waals surface area contributed by atoms with Crippen molar-refractivity contribution in [1.82, 2.24) is 0 Å². The molecule has 0 aliphatic heterocycles. The highest BCUT2D eigenvalue weighted by Crippen LogP contribution is 2.31. The first kappa shape index (κ1) is 22.6. The number of ether oxygens (including phenoxy) is 1. The molecule has 0 fully saturated rings. The highest BCUT2D eigenvalue weighted by atomic mass is 16.5. The fraction of sp³-hybridized carbons (Fsp3) is 0.773. The highest BCUT2D eigenvalue weighted by molar-refractivity contribution is 5.94. The van der Waals surface area contributed by atoms with Crippen molar-refractivity contribution in [3.8, 4) is 0 Å². The van der Waals surface area contributed by atoms with E-state index in [1.54, 1.807) is 6.08 Å². The molecule has 148 valence electrons. The minimum Gasteiger partial charge on any atom is -0.466 e. The fourth-order valence-corrected chi connectivity index (χ4v) is 3.59. The van der Waals surface area contributed by atoms with E-state index < -0.39 is 0 Å². The van der Waals surface area contributed by atoms with Gasteiger partial charge in [0.2, 0.25) is 0 Å². The number of allylic oxidation sites excluding steroid dienone is 2. The summed E-state index contributed by atoms with van der Waals surface area (Å²) in [6.07, 6.45) is 14.3. The van der Waals surface area contributed by atoms with Gasteiger partial charge >= 0.3 is 5.97 Å². The van der Waals surface area contributed by atoms with Crippen LogP contribution >= 0.6 is 0 Å². The molecule has 0 saturated heterocycles. The maximum Gasteiger partial charge on any atom is 0.305 e. The molecule has 0 amide bonds. The number of unbranched alkanes of at least 4 members (excludes halogenated alkanes) is 5. The van der Waals surface area contributed by atoms with Crippen molar-refractivity contribution in [2.24, 2.45) is 11.8 Å². The molecule has 1 aliphatic carbocycles. The maximum absolute atomic E-state index is 12.1. The van der Waals surface area contributed by atoms with Gasteiger partial charge in [-0.1, -0.05) is 45.1 Å². The Morgan fingerprint density at radius 3 is 2.38 bits per heavy atom. The second kappa shape index (κ2) is 13.7. The van der Waals surface area contributed by atoms with Crippen molar-refractivity contribution in [3.05, 3.63) is 12.2 Å². The van der Waals surface area contributed by atoms with Gasteiger partial charge in [-0.15, -0.1) is 0 Å². The molecule has 0 saturated carbocycles. The Labute approximate surface area is 158 Å². The van der Waals surface area contributed by atoms with E-state index in [4.69, 9.17) is 4.74 Å². The number of carbonyl (C=O) groups is 3. The first-order valence-corrected chi connectivity index (χ1v) is 10.5. The lowest BCUT2D eigenvalue weighted by molar-refractivity contribution is -0.143. The van der Waals surface area contributed by atoms with Crippen molar-refractivity contribution in [2.75, 3.05) is 6.61 Å². The van der Waals surface area contributed by atoms with Gasteiger partial charge in [-0.25, -0.2) is 0 Å². The van der Waals surface area contributed by atoms with Crippen LogP contribution in [0.4, 0.5) is 0 Å². The Kier molecular flexibility index (Phi) is 11.9. The molecular weight excluding hydrogens is 328 g/mol. The molecule has 0 bridgehead atoms. The summed E-state index contributed by atoms with van der Waals surface area (Å²) >= 11 is 0. The van der Waals surface area contributed by atoms with Gasteiger partial charge in [-0.2, -0.15) is 0 Å². The van der Waals surface area contributed by atoms with E-state index in [0.29, 0.717) is 31.7 Å². The van der Waals surface area contributed by atoms with Gasteiger partial charge in [-0.3, -0.25) is 14.4 Å². The minimum absolute atomic E-state index is 0.0588. The average molecular weight is 365 g/mol. The average Bonchev–Trinajstić information content (AvgIpc) is 2.96. The molecule has 0 aromatic carbocycles. The van der Waals surface area contributed by atoms with Crippen LogP contribution < -0.4 is 0 Å². The predicted molar refractivity (Wildman–Crippen MR) is 104 cm³/mol. The Hall–Kier alpha value is -1.45. The molecule has 0 spiro atoms. The van der Waals surface area contributed by atoms with Crippen LogP contribution in [0.15, 0.2) is 12.2 Å². The summed E-state index contributed by atoms with van der Waals surface area (Å²) in [5.74, 6) is 0.732. The van der Waals surface area contributed by atoms with E-state index in [1.165, 1.54) is 0 Å². The largest absolute Gasteiger partial charge is 0.466 e. The SMILES string of the molecule is CCCCCC(=O)CC[C@H]1C=CC(=O)[C@H]1CCCCCCC(=O)OCC. The van der Waals surface area contributed by atoms with Crippen molar-refractivity contribution < 1.29 is 19.1 Å². The second-order valence-electron chi connectivity index (χ2n) is 7.32. The number of hydrogen-bond donors (Lipinski definition) is 0. The first-order chi connectivity index (χ1) is 12.6. The Bertz CT molecular complexity index is 467. The van der Waals surface area contributed by atoms with E-state index >= 15 is 0 Å². The molecule has 0 aromatic rings. The van der Waals surface area contributed by atoms with Crippen molar-refractivity contribution >= 4 is 17.5 Å². The number of Topliss-reactive ketones (excluding diaryl/α,β-unsaturated/α-hetero) is 1. The molecule has 1 rings (SSSR count). The zero-order valence-electron chi connectivity index (χ0n) is 16.6. The van der Waals surface area contributed by atoms with Crippen LogP contribution in [0, 0.1) is 11.8 Å². The summed E-state index contributed by atoms with van der Waals surface area (Å²) in [7, 11) is 0.